The molecule has 0 atom stereocenters. The molecule has 1 aliphatic heterocycles. The van der Waals surface area contributed by atoms with Gasteiger partial charge in [0, 0.05) is 10.9 Å². The van der Waals surface area contributed by atoms with E-state index >= 15 is 0 Å². The molecule has 0 saturated carbocycles. The number of pyridine rings is 1. The fourth-order valence-corrected chi connectivity index (χ4v) is 4.19. The highest BCUT2D eigenvalue weighted by Gasteiger charge is 2.21. The second-order valence-corrected chi connectivity index (χ2v) is 7.60. The van der Waals surface area contributed by atoms with Crippen molar-refractivity contribution < 1.29 is 14.3 Å². The maximum absolute atomic E-state index is 12.2. The molecule has 5 nitrogen and oxygen atoms in total. The number of nitrogens with zero attached hydrogens (tertiary/aromatic N) is 1. The van der Waals surface area contributed by atoms with Gasteiger partial charge in [-0.3, -0.25) is 4.79 Å². The van der Waals surface area contributed by atoms with Gasteiger partial charge in [-0.25, -0.2) is 4.98 Å². The maximum atomic E-state index is 12.2. The molecule has 0 bridgehead atoms. The van der Waals surface area contributed by atoms with E-state index in [1.807, 2.05) is 42.5 Å². The highest BCUT2D eigenvalue weighted by molar-refractivity contribution is 6.09. The number of hydrogen-bond donors (Lipinski definition) is 1. The Labute approximate surface area is 180 Å². The summed E-state index contributed by atoms with van der Waals surface area (Å²) in [7, 11) is 1.53. The van der Waals surface area contributed by atoms with E-state index in [1.165, 1.54) is 12.7 Å². The normalized spacial score (nSPS) is 12.8. The third kappa shape index (κ3) is 3.38. The lowest BCUT2D eigenvalue weighted by Crippen LogP contribution is -2.14. The second-order valence-electron chi connectivity index (χ2n) is 7.60. The number of fused-ring (bicyclic) bond motifs is 2. The van der Waals surface area contributed by atoms with Crippen molar-refractivity contribution in [2.24, 2.45) is 5.73 Å². The average molecular weight is 410 g/mol. The van der Waals surface area contributed by atoms with Crippen molar-refractivity contribution in [1.29, 1.82) is 0 Å². The van der Waals surface area contributed by atoms with Gasteiger partial charge < -0.3 is 15.2 Å². The molecule has 1 amide bonds. The molecule has 0 fully saturated rings. The van der Waals surface area contributed by atoms with Crippen LogP contribution in [0.25, 0.3) is 33.3 Å². The number of rotatable bonds is 4. The molecule has 2 N–H and O–H groups in total. The number of methoxy groups -OCH3 is 1. The Morgan fingerprint density at radius 2 is 1.74 bits per heavy atom. The molecule has 31 heavy (non-hydrogen) atoms. The van der Waals surface area contributed by atoms with Crippen LogP contribution in [0, 0.1) is 0 Å². The van der Waals surface area contributed by atoms with Gasteiger partial charge in [-0.05, 0) is 47.7 Å². The number of amides is 1. The van der Waals surface area contributed by atoms with Gasteiger partial charge in [-0.1, -0.05) is 48.5 Å². The minimum absolute atomic E-state index is 0.349. The Morgan fingerprint density at radius 3 is 2.52 bits per heavy atom. The van der Waals surface area contributed by atoms with Gasteiger partial charge in [0.25, 0.3) is 5.91 Å². The van der Waals surface area contributed by atoms with Crippen LogP contribution < -0.4 is 15.2 Å². The summed E-state index contributed by atoms with van der Waals surface area (Å²) in [5.74, 6) is 0.838. The standard InChI is InChI=1S/C26H22N2O3/c1-30-25-23(26(27)29)20-6-2-3-7-21(20)28-24(25)17-10-8-16(9-11-17)18-12-13-22-19(15-18)5-4-14-31-22/h2-3,6-13,15H,4-5,14H2,1H3,(H2,27,29). The predicted molar refractivity (Wildman–Crippen MR) is 122 cm³/mol. The first-order valence-electron chi connectivity index (χ1n) is 10.3. The van der Waals surface area contributed by atoms with E-state index in [1.54, 1.807) is 0 Å². The minimum Gasteiger partial charge on any atom is -0.494 e. The molecule has 0 aliphatic carbocycles. The van der Waals surface area contributed by atoms with E-state index in [0.717, 1.165) is 41.9 Å². The average Bonchev–Trinajstić information content (AvgIpc) is 2.82. The van der Waals surface area contributed by atoms with E-state index in [0.29, 0.717) is 27.9 Å². The smallest absolute Gasteiger partial charge is 0.253 e. The van der Waals surface area contributed by atoms with E-state index in [-0.39, 0.29) is 0 Å². The first-order valence-corrected chi connectivity index (χ1v) is 10.3. The Hall–Kier alpha value is -3.86. The van der Waals surface area contributed by atoms with E-state index in [9.17, 15) is 4.79 Å². The third-order valence-corrected chi connectivity index (χ3v) is 5.70. The fourth-order valence-electron chi connectivity index (χ4n) is 4.19. The van der Waals surface area contributed by atoms with Gasteiger partial charge in [-0.15, -0.1) is 0 Å². The Kier molecular flexibility index (Phi) is 4.79. The van der Waals surface area contributed by atoms with Gasteiger partial charge in [-0.2, -0.15) is 0 Å². The monoisotopic (exact) mass is 410 g/mol. The molecule has 2 heterocycles. The summed E-state index contributed by atoms with van der Waals surface area (Å²) in [5.41, 5.74) is 11.7. The zero-order valence-electron chi connectivity index (χ0n) is 17.2. The van der Waals surface area contributed by atoms with E-state index in [2.05, 4.69) is 24.3 Å². The molecule has 154 valence electrons. The summed E-state index contributed by atoms with van der Waals surface area (Å²) in [6, 6.07) is 21.9. The molecule has 0 unspecified atom stereocenters. The molecule has 5 heteroatoms. The van der Waals surface area contributed by atoms with Crippen molar-refractivity contribution in [2.45, 2.75) is 12.8 Å². The number of aryl methyl sites for hydroxylation is 1. The van der Waals surface area contributed by atoms with Crippen molar-refractivity contribution in [2.75, 3.05) is 13.7 Å². The maximum Gasteiger partial charge on any atom is 0.253 e. The number of benzene rings is 3. The van der Waals surface area contributed by atoms with E-state index in [4.69, 9.17) is 20.2 Å². The van der Waals surface area contributed by atoms with Crippen LogP contribution in [-0.2, 0) is 6.42 Å². The van der Waals surface area contributed by atoms with Crippen molar-refractivity contribution in [3.8, 4) is 33.9 Å². The van der Waals surface area contributed by atoms with Crippen LogP contribution in [0.4, 0.5) is 0 Å². The number of carbonyl (C=O) groups excluding carboxylic acids is 1. The van der Waals surface area contributed by atoms with Gasteiger partial charge in [0.1, 0.15) is 11.4 Å². The molecule has 0 radical (unpaired) electrons. The van der Waals surface area contributed by atoms with Gasteiger partial charge in [0.2, 0.25) is 0 Å². The molecule has 5 rings (SSSR count). The van der Waals surface area contributed by atoms with Crippen LogP contribution >= 0.6 is 0 Å². The first-order chi connectivity index (χ1) is 15.2. The zero-order valence-corrected chi connectivity index (χ0v) is 17.2. The van der Waals surface area contributed by atoms with Crippen LogP contribution in [0.3, 0.4) is 0 Å². The number of hydrogen-bond acceptors (Lipinski definition) is 4. The number of nitrogens with two attached hydrogens (primary N) is 1. The molecule has 0 spiro atoms. The second kappa shape index (κ2) is 7.76. The summed E-state index contributed by atoms with van der Waals surface area (Å²) in [6.45, 7) is 0.787. The van der Waals surface area contributed by atoms with E-state index < -0.39 is 5.91 Å². The lowest BCUT2D eigenvalue weighted by molar-refractivity contribution is 0.0999. The Morgan fingerprint density at radius 1 is 1.00 bits per heavy atom. The Bertz CT molecular complexity index is 1300. The number of para-hydroxylation sites is 1. The van der Waals surface area contributed by atoms with Crippen LogP contribution in [0.15, 0.2) is 66.7 Å². The lowest BCUT2D eigenvalue weighted by Gasteiger charge is -2.18. The SMILES string of the molecule is COc1c(-c2ccc(-c3ccc4c(c3)CCCO4)cc2)nc2ccccc2c1C(N)=O. The van der Waals surface area contributed by atoms with Crippen LogP contribution in [0.2, 0.25) is 0 Å². The number of aromatic nitrogens is 1. The highest BCUT2D eigenvalue weighted by Crippen LogP contribution is 2.37. The molecule has 1 aromatic heterocycles. The molecule has 3 aromatic carbocycles. The molecular weight excluding hydrogens is 388 g/mol. The molecular formula is C26H22N2O3. The highest BCUT2D eigenvalue weighted by atomic mass is 16.5. The number of primary amides is 1. The van der Waals surface area contributed by atoms with Crippen LogP contribution in [0.5, 0.6) is 11.5 Å². The summed E-state index contributed by atoms with van der Waals surface area (Å²) >= 11 is 0. The summed E-state index contributed by atoms with van der Waals surface area (Å²) in [4.78, 5) is 17.0. The topological polar surface area (TPSA) is 74.4 Å². The van der Waals surface area contributed by atoms with Gasteiger partial charge in [0.15, 0.2) is 5.75 Å². The van der Waals surface area contributed by atoms with Gasteiger partial charge in [0.05, 0.1) is 24.8 Å². The number of carbonyl (C=O) groups is 1. The van der Waals surface area contributed by atoms with Gasteiger partial charge >= 0.3 is 0 Å². The number of ether oxygens (including phenoxy) is 2. The zero-order chi connectivity index (χ0) is 21.4. The Balaban J connectivity index is 1.59. The van der Waals surface area contributed by atoms with Crippen molar-refractivity contribution >= 4 is 16.8 Å². The summed E-state index contributed by atoms with van der Waals surface area (Å²) in [6.07, 6.45) is 2.08. The fraction of sp³-hybridized carbons (Fsp3) is 0.154. The first kappa shape index (κ1) is 19.1. The minimum atomic E-state index is -0.537. The lowest BCUT2D eigenvalue weighted by atomic mass is 9.97. The predicted octanol–water partition coefficient (Wildman–Crippen LogP) is 5.00. The van der Waals surface area contributed by atoms with Crippen LogP contribution in [-0.4, -0.2) is 24.6 Å². The van der Waals surface area contributed by atoms with Crippen LogP contribution in [0.1, 0.15) is 22.3 Å². The van der Waals surface area contributed by atoms with Crippen molar-refractivity contribution in [3.63, 3.8) is 0 Å². The van der Waals surface area contributed by atoms with Crippen molar-refractivity contribution in [3.05, 3.63) is 77.9 Å². The van der Waals surface area contributed by atoms with Crippen molar-refractivity contribution in [1.82, 2.24) is 4.98 Å². The molecule has 1 aliphatic rings. The third-order valence-electron chi connectivity index (χ3n) is 5.70. The molecule has 4 aromatic rings. The largest absolute Gasteiger partial charge is 0.494 e. The summed E-state index contributed by atoms with van der Waals surface area (Å²) in [5, 5.41) is 0.684. The quantitative estimate of drug-likeness (QED) is 0.514. The molecule has 0 saturated heterocycles. The summed E-state index contributed by atoms with van der Waals surface area (Å²) < 4.78 is 11.3.